The number of nitrogens with two attached hydrogens (primary N) is 3. The first-order valence-electron chi connectivity index (χ1n) is 27.6. The molecule has 11 rings (SSSR count). The van der Waals surface area contributed by atoms with Crippen LogP contribution >= 0.6 is 0 Å². The standard InChI is InChI=1S/C19H23N5O5.C17H27N7O4.C15H25N7O4/c1-10-2-4-11(5-3-10)6-7-28-19-22-16(20)13-17(23-19)24(9-21-13)18-15(27)14(26)12(8-25)29-18;18-14-11-15(22-17(21-14)23-20-6-9-4-2-1-3-5-9)24(8-19-11)16-13(27)12(26)10(7-25)28-16;1-7(2)3-4-18-21-15-19-12(16)9-13(20-15)22(6-17-9)14-11(25)10(24)8(5-23)26-14/h2-5,9,12,14-15,18,25-27H,6-8H2,1H3,(H2,20,22,23);6,8-13,15-16,25-27H,1-5,7H2,(H3,18,21,22,23);4,6-11,13-14,23-25H,3,5H2,1-2H3,(H3,16,19,20,21)/b;20-6-;18-4-/t12?,14-,15-,18?;10?,11?,12-,13-,15?,16?;8?,9?,10-,11-,13?,14?/m111/s1. The second-order valence-corrected chi connectivity index (χ2v) is 21.5. The molecular formula is C51H75N19O13. The van der Waals surface area contributed by atoms with E-state index in [-0.39, 0.29) is 35.4 Å². The van der Waals surface area contributed by atoms with Gasteiger partial charge in [-0.15, -0.1) is 5.10 Å². The number of aliphatic hydroxyl groups is 9. The summed E-state index contributed by atoms with van der Waals surface area (Å²) in [5.74, 6) is 2.08. The van der Waals surface area contributed by atoms with Crippen LogP contribution in [0.4, 0.5) is 5.82 Å². The Morgan fingerprint density at radius 2 is 1.37 bits per heavy atom. The molecule has 32 nitrogen and oxygen atoms in total. The van der Waals surface area contributed by atoms with E-state index >= 15 is 0 Å². The Bertz CT molecular complexity index is 2920. The number of nitrogens with one attached hydrogen (secondary N) is 2. The summed E-state index contributed by atoms with van der Waals surface area (Å²) in [5.41, 5.74) is 23.7. The first-order chi connectivity index (χ1) is 40.0. The fourth-order valence-corrected chi connectivity index (χ4v) is 10.3. The molecule has 9 heterocycles. The van der Waals surface area contributed by atoms with Crippen LogP contribution in [0.5, 0.6) is 6.01 Å². The third-order valence-electron chi connectivity index (χ3n) is 15.0. The van der Waals surface area contributed by atoms with Gasteiger partial charge in [-0.3, -0.25) is 14.6 Å². The summed E-state index contributed by atoms with van der Waals surface area (Å²) in [5, 5.41) is 104. The number of aliphatic imine (C=N–C) groups is 5. The van der Waals surface area contributed by atoms with E-state index in [4.69, 9.17) is 36.1 Å². The number of aliphatic hydroxyl groups excluding tert-OH is 9. The number of aryl methyl sites for hydroxylation is 1. The molecule has 8 aliphatic rings. The lowest BCUT2D eigenvalue weighted by molar-refractivity contribution is -0.0803. The van der Waals surface area contributed by atoms with Crippen LogP contribution in [0.2, 0.25) is 0 Å². The van der Waals surface area contributed by atoms with E-state index in [1.54, 1.807) is 16.0 Å². The van der Waals surface area contributed by atoms with Crippen molar-refractivity contribution in [2.75, 3.05) is 32.2 Å². The van der Waals surface area contributed by atoms with Gasteiger partial charge in [-0.1, -0.05) is 62.9 Å². The summed E-state index contributed by atoms with van der Waals surface area (Å²) in [6, 6.07) is 7.24. The lowest BCUT2D eigenvalue weighted by Crippen LogP contribution is -2.61. The molecule has 2 aromatic heterocycles. The lowest BCUT2D eigenvalue weighted by atomic mass is 9.90. The molecule has 3 aromatic rings. The average Bonchev–Trinajstić information content (AvgIpc) is 2.55. The van der Waals surface area contributed by atoms with Gasteiger partial charge in [0.15, 0.2) is 41.8 Å². The minimum Gasteiger partial charge on any atom is -0.463 e. The molecule has 32 heteroatoms. The highest BCUT2D eigenvalue weighted by Gasteiger charge is 2.52. The first kappa shape index (κ1) is 60.6. The highest BCUT2D eigenvalue weighted by atomic mass is 16.6. The van der Waals surface area contributed by atoms with Crippen molar-refractivity contribution in [3.63, 3.8) is 0 Å². The van der Waals surface area contributed by atoms with Gasteiger partial charge in [-0.2, -0.15) is 30.2 Å². The van der Waals surface area contributed by atoms with Crippen molar-refractivity contribution >= 4 is 65.7 Å². The van der Waals surface area contributed by atoms with Gasteiger partial charge < -0.3 is 97.2 Å². The summed E-state index contributed by atoms with van der Waals surface area (Å²) >= 11 is 0. The second-order valence-electron chi connectivity index (χ2n) is 21.5. The van der Waals surface area contributed by atoms with Crippen molar-refractivity contribution in [1.29, 1.82) is 0 Å². The maximum absolute atomic E-state index is 10.3. The van der Waals surface area contributed by atoms with Crippen molar-refractivity contribution in [2.24, 2.45) is 63.6 Å². The maximum atomic E-state index is 10.3. The Labute approximate surface area is 476 Å². The molecule has 10 unspecified atom stereocenters. The molecule has 0 spiro atoms. The van der Waals surface area contributed by atoms with E-state index in [9.17, 15) is 46.0 Å². The van der Waals surface area contributed by atoms with Crippen molar-refractivity contribution < 1.29 is 64.9 Å². The van der Waals surface area contributed by atoms with Gasteiger partial charge in [0.05, 0.1) is 45.4 Å². The number of rotatable bonds is 15. The molecule has 0 amide bonds. The Kier molecular flexibility index (Phi) is 19.9. The summed E-state index contributed by atoms with van der Waals surface area (Å²) in [6.45, 7) is 5.33. The molecular weight excluding hydrogens is 1090 g/mol. The molecule has 17 N–H and O–H groups in total. The molecule has 83 heavy (non-hydrogen) atoms. The number of hydrogen-bond donors (Lipinski definition) is 14. The fraction of sp³-hybridized carbons (Fsp3) is 0.627. The van der Waals surface area contributed by atoms with E-state index in [2.05, 4.69) is 79.8 Å². The second kappa shape index (κ2) is 27.2. The molecule has 1 saturated carbocycles. The number of hydrazone groups is 1. The maximum Gasteiger partial charge on any atom is 0.320 e. The SMILES string of the molecule is CC(C)C/C=N\NC1=NC2C(N=CN2C2OC(CO)[C@@H](O)[C@H]2O)C(N)=N1.Cc1ccc(CCOc2nc(N)c3ncn(C4OC(CO)[C@@H](O)[C@H]4O)c3n2)cc1.NC1=NC(=N/N=C\C2CCCCC2)NC2C1N=CN2C1OC(CO)[C@@H](O)[C@H]1O. The van der Waals surface area contributed by atoms with Crippen LogP contribution in [-0.4, -0.2) is 242 Å². The van der Waals surface area contributed by atoms with Crippen LogP contribution in [0.3, 0.4) is 0 Å². The van der Waals surface area contributed by atoms with Crippen molar-refractivity contribution in [2.45, 2.75) is 164 Å². The van der Waals surface area contributed by atoms with Crippen LogP contribution in [-0.2, 0) is 20.6 Å². The number of fused-ring (bicyclic) bond motifs is 3. The minimum atomic E-state index is -1.26. The largest absolute Gasteiger partial charge is 0.463 e. The number of ether oxygens (including phenoxy) is 4. The molecule has 1 aromatic carbocycles. The summed E-state index contributed by atoms with van der Waals surface area (Å²) < 4.78 is 23.8. The van der Waals surface area contributed by atoms with Gasteiger partial charge in [-0.05, 0) is 43.6 Å². The van der Waals surface area contributed by atoms with Gasteiger partial charge >= 0.3 is 6.01 Å². The average molecular weight is 1160 g/mol. The fourth-order valence-electron chi connectivity index (χ4n) is 10.3. The van der Waals surface area contributed by atoms with E-state index in [0.717, 1.165) is 24.8 Å². The monoisotopic (exact) mass is 1160 g/mol. The number of hydrogen-bond acceptors (Lipinski definition) is 29. The van der Waals surface area contributed by atoms with Crippen LogP contribution < -0.4 is 32.7 Å². The third kappa shape index (κ3) is 13.7. The lowest BCUT2D eigenvalue weighted by Gasteiger charge is -2.35. The normalized spacial score (nSPS) is 33.5. The summed E-state index contributed by atoms with van der Waals surface area (Å²) in [4.78, 5) is 37.2. The topological polar surface area (TPSA) is 470 Å². The van der Waals surface area contributed by atoms with E-state index in [0.29, 0.717) is 36.0 Å². The molecule has 4 fully saturated rings. The smallest absolute Gasteiger partial charge is 0.320 e. The highest BCUT2D eigenvalue weighted by molar-refractivity contribution is 6.03. The van der Waals surface area contributed by atoms with Crippen molar-refractivity contribution in [3.05, 3.63) is 41.7 Å². The first-order valence-corrected chi connectivity index (χ1v) is 27.6. The number of anilines is 1. The Hall–Kier alpha value is -6.95. The quantitative estimate of drug-likeness (QED) is 0.0511. The number of guanidine groups is 2. The number of benzene rings is 1. The number of amidine groups is 2. The van der Waals surface area contributed by atoms with Crippen molar-refractivity contribution in [1.82, 2.24) is 40.1 Å². The zero-order valence-electron chi connectivity index (χ0n) is 46.0. The van der Waals surface area contributed by atoms with Gasteiger partial charge in [-0.25, -0.2) is 15.4 Å². The minimum absolute atomic E-state index is 0.0793. The van der Waals surface area contributed by atoms with Gasteiger partial charge in [0.2, 0.25) is 11.9 Å². The Morgan fingerprint density at radius 3 is 2.01 bits per heavy atom. The molecule has 0 radical (unpaired) electrons. The molecule has 3 saturated heterocycles. The number of nitrogen functional groups attached to an aromatic ring is 1. The highest BCUT2D eigenvalue weighted by Crippen LogP contribution is 2.34. The summed E-state index contributed by atoms with van der Waals surface area (Å²) in [6.07, 6.45) is 1.67. The zero-order valence-corrected chi connectivity index (χ0v) is 46.0. The summed E-state index contributed by atoms with van der Waals surface area (Å²) in [7, 11) is 0. The molecule has 1 aliphatic carbocycles. The van der Waals surface area contributed by atoms with Crippen LogP contribution in [0.1, 0.15) is 69.7 Å². The molecule has 7 aliphatic heterocycles. The predicted octanol–water partition coefficient (Wildman–Crippen LogP) is -3.89. The molecule has 452 valence electrons. The number of aromatic nitrogens is 4. The van der Waals surface area contributed by atoms with Gasteiger partial charge in [0, 0.05) is 18.9 Å². The number of nitrogens with zero attached hydrogens (tertiary/aromatic N) is 14. The van der Waals surface area contributed by atoms with Crippen LogP contribution in [0.25, 0.3) is 11.2 Å². The van der Waals surface area contributed by atoms with E-state index in [1.165, 1.54) is 48.4 Å². The Morgan fingerprint density at radius 1 is 0.771 bits per heavy atom. The number of imidazole rings is 1. The van der Waals surface area contributed by atoms with E-state index in [1.807, 2.05) is 37.4 Å². The third-order valence-corrected chi connectivity index (χ3v) is 15.0. The van der Waals surface area contributed by atoms with Crippen molar-refractivity contribution in [3.8, 4) is 6.01 Å². The van der Waals surface area contributed by atoms with Gasteiger partial charge in [0.25, 0.3) is 0 Å². The van der Waals surface area contributed by atoms with E-state index < -0.39 is 118 Å². The van der Waals surface area contributed by atoms with Gasteiger partial charge in [0.1, 0.15) is 84.9 Å². The molecule has 16 atom stereocenters. The predicted molar refractivity (Wildman–Crippen MR) is 302 cm³/mol. The Balaban J connectivity index is 0.000000150. The zero-order chi connectivity index (χ0) is 59.1. The van der Waals surface area contributed by atoms with Crippen LogP contribution in [0.15, 0.2) is 70.9 Å². The molecule has 0 bridgehead atoms. The van der Waals surface area contributed by atoms with Crippen LogP contribution in [0, 0.1) is 18.8 Å².